The largest absolute Gasteiger partial charge is 0.405 e. The molecule has 1 fully saturated rings. The van der Waals surface area contributed by atoms with Gasteiger partial charge < -0.3 is 10.4 Å². The van der Waals surface area contributed by atoms with Crippen LogP contribution in [0.25, 0.3) is 0 Å². The smallest absolute Gasteiger partial charge is 0.387 e. The van der Waals surface area contributed by atoms with Gasteiger partial charge in [-0.25, -0.2) is 0 Å². The lowest BCUT2D eigenvalue weighted by molar-refractivity contribution is -0.139. The van der Waals surface area contributed by atoms with E-state index in [9.17, 15) is 23.1 Å². The Morgan fingerprint density at radius 2 is 1.71 bits per heavy atom. The summed E-state index contributed by atoms with van der Waals surface area (Å²) in [6, 6.07) is 9.36. The van der Waals surface area contributed by atoms with E-state index in [4.69, 9.17) is 0 Å². The van der Waals surface area contributed by atoms with Gasteiger partial charge in [-0.15, -0.1) is 0 Å². The normalized spacial score (nSPS) is 18.3. The van der Waals surface area contributed by atoms with Gasteiger partial charge in [-0.3, -0.25) is 14.6 Å². The predicted molar refractivity (Wildman–Crippen MR) is 83.3 cm³/mol. The van der Waals surface area contributed by atoms with E-state index >= 15 is 0 Å². The molecule has 0 radical (unpaired) electrons. The van der Waals surface area contributed by atoms with Crippen molar-refractivity contribution < 1.29 is 23.1 Å². The molecule has 1 amide bonds. The lowest BCUT2D eigenvalue weighted by Crippen LogP contribution is -2.50. The first-order chi connectivity index (χ1) is 11.3. The molecule has 1 aromatic rings. The Kier molecular flexibility index (Phi) is 6.59. The zero-order valence-corrected chi connectivity index (χ0v) is 13.3. The molecule has 1 heterocycles. The quantitative estimate of drug-likeness (QED) is 0.808. The molecule has 0 aromatic heterocycles. The van der Waals surface area contributed by atoms with Gasteiger partial charge in [0.1, 0.15) is 6.54 Å². The summed E-state index contributed by atoms with van der Waals surface area (Å²) in [6.07, 6.45) is -4.96. The highest BCUT2D eigenvalue weighted by atomic mass is 19.4. The van der Waals surface area contributed by atoms with E-state index in [-0.39, 0.29) is 6.54 Å². The first-order valence-corrected chi connectivity index (χ1v) is 7.84. The van der Waals surface area contributed by atoms with Crippen LogP contribution in [0.2, 0.25) is 0 Å². The van der Waals surface area contributed by atoms with Crippen LogP contribution in [0.3, 0.4) is 0 Å². The molecule has 0 aliphatic carbocycles. The number of benzene rings is 1. The molecule has 2 rings (SSSR count). The fraction of sp³-hybridized carbons (Fsp3) is 0.562. The molecule has 24 heavy (non-hydrogen) atoms. The average Bonchev–Trinajstić information content (AvgIpc) is 2.55. The topological polar surface area (TPSA) is 55.8 Å². The van der Waals surface area contributed by atoms with Gasteiger partial charge in [-0.1, -0.05) is 30.3 Å². The van der Waals surface area contributed by atoms with Crippen LogP contribution in [-0.2, 0) is 4.79 Å². The van der Waals surface area contributed by atoms with Crippen molar-refractivity contribution in [2.24, 2.45) is 0 Å². The zero-order chi connectivity index (χ0) is 17.6. The summed E-state index contributed by atoms with van der Waals surface area (Å²) in [7, 11) is 0. The van der Waals surface area contributed by atoms with Crippen molar-refractivity contribution in [1.82, 2.24) is 15.1 Å². The van der Waals surface area contributed by atoms with Crippen LogP contribution < -0.4 is 5.32 Å². The second kappa shape index (κ2) is 8.46. The van der Waals surface area contributed by atoms with Crippen LogP contribution in [0.5, 0.6) is 0 Å². The Morgan fingerprint density at radius 3 is 2.29 bits per heavy atom. The van der Waals surface area contributed by atoms with Gasteiger partial charge in [0.2, 0.25) is 5.91 Å². The molecule has 1 aromatic carbocycles. The number of rotatable bonds is 6. The molecule has 0 spiro atoms. The van der Waals surface area contributed by atoms with Crippen LogP contribution in [-0.4, -0.2) is 72.8 Å². The van der Waals surface area contributed by atoms with E-state index in [1.807, 2.05) is 40.5 Å². The molecular weight excluding hydrogens is 323 g/mol. The second-order valence-electron chi connectivity index (χ2n) is 5.90. The molecule has 1 unspecified atom stereocenters. The summed E-state index contributed by atoms with van der Waals surface area (Å²) in [4.78, 5) is 15.4. The third kappa shape index (κ3) is 6.46. The number of halogens is 3. The Labute approximate surface area is 139 Å². The van der Waals surface area contributed by atoms with E-state index in [0.717, 1.165) is 5.56 Å². The summed E-state index contributed by atoms with van der Waals surface area (Å²) < 4.78 is 36.1. The molecule has 2 N–H and O–H groups in total. The van der Waals surface area contributed by atoms with Gasteiger partial charge in [-0.05, 0) is 5.56 Å². The van der Waals surface area contributed by atoms with Crippen molar-refractivity contribution in [3.63, 3.8) is 0 Å². The SMILES string of the molecule is O=C(CN1CCN(CC(O)c2ccccc2)CC1)NCC(F)(F)F. The second-order valence-corrected chi connectivity index (χ2v) is 5.90. The number of aliphatic hydroxyl groups excluding tert-OH is 1. The third-order valence-corrected chi connectivity index (χ3v) is 3.93. The molecule has 1 atom stereocenters. The molecule has 1 aliphatic heterocycles. The fourth-order valence-corrected chi connectivity index (χ4v) is 2.61. The minimum absolute atomic E-state index is 0.0365. The minimum Gasteiger partial charge on any atom is -0.387 e. The van der Waals surface area contributed by atoms with Crippen LogP contribution in [0, 0.1) is 0 Å². The molecule has 5 nitrogen and oxygen atoms in total. The molecule has 134 valence electrons. The van der Waals surface area contributed by atoms with Crippen molar-refractivity contribution in [2.45, 2.75) is 12.3 Å². The number of alkyl halides is 3. The maximum absolute atomic E-state index is 12.0. The van der Waals surface area contributed by atoms with E-state index < -0.39 is 24.7 Å². The molecular formula is C16H22F3N3O2. The number of piperazine rings is 1. The van der Waals surface area contributed by atoms with Gasteiger partial charge in [-0.2, -0.15) is 13.2 Å². The predicted octanol–water partition coefficient (Wildman–Crippen LogP) is 1.02. The number of carbonyl (C=O) groups is 1. The minimum atomic E-state index is -4.39. The monoisotopic (exact) mass is 345 g/mol. The summed E-state index contributed by atoms with van der Waals surface area (Å²) in [5.74, 6) is -0.620. The maximum Gasteiger partial charge on any atom is 0.405 e. The van der Waals surface area contributed by atoms with Gasteiger partial charge in [0.05, 0.1) is 12.6 Å². The molecule has 8 heteroatoms. The lowest BCUT2D eigenvalue weighted by Gasteiger charge is -2.35. The van der Waals surface area contributed by atoms with E-state index in [0.29, 0.717) is 32.7 Å². The highest BCUT2D eigenvalue weighted by molar-refractivity contribution is 5.78. The zero-order valence-electron chi connectivity index (χ0n) is 13.3. The number of aliphatic hydroxyl groups is 1. The number of hydrogen-bond donors (Lipinski definition) is 2. The first kappa shape index (κ1) is 18.7. The summed E-state index contributed by atoms with van der Waals surface area (Å²) in [6.45, 7) is 1.66. The molecule has 1 aliphatic rings. The van der Waals surface area contributed by atoms with Gasteiger partial charge >= 0.3 is 6.18 Å². The summed E-state index contributed by atoms with van der Waals surface area (Å²) >= 11 is 0. The van der Waals surface area contributed by atoms with Crippen molar-refractivity contribution in [3.8, 4) is 0 Å². The third-order valence-electron chi connectivity index (χ3n) is 3.93. The van der Waals surface area contributed by atoms with E-state index in [1.54, 1.807) is 0 Å². The lowest BCUT2D eigenvalue weighted by atomic mass is 10.1. The standard InChI is InChI=1S/C16H22F3N3O2/c17-16(18,19)12-20-15(24)11-22-8-6-21(7-9-22)10-14(23)13-4-2-1-3-5-13/h1-5,14,23H,6-12H2,(H,20,24). The maximum atomic E-state index is 12.0. The Morgan fingerprint density at radius 1 is 1.12 bits per heavy atom. The van der Waals surface area contributed by atoms with Gasteiger partial charge in [0.15, 0.2) is 0 Å². The number of β-amino-alcohol motifs (C(OH)–C–C–N with tert-alkyl or cyclic N) is 1. The summed E-state index contributed by atoms with van der Waals surface area (Å²) in [5, 5.41) is 12.1. The Balaban J connectivity index is 1.69. The van der Waals surface area contributed by atoms with Gasteiger partial charge in [0.25, 0.3) is 0 Å². The number of carbonyl (C=O) groups excluding carboxylic acids is 1. The Bertz CT molecular complexity index is 517. The van der Waals surface area contributed by atoms with Crippen LogP contribution in [0.4, 0.5) is 13.2 Å². The fourth-order valence-electron chi connectivity index (χ4n) is 2.61. The van der Waals surface area contributed by atoms with Crippen molar-refractivity contribution in [3.05, 3.63) is 35.9 Å². The molecule has 0 saturated carbocycles. The Hall–Kier alpha value is -1.64. The van der Waals surface area contributed by atoms with Gasteiger partial charge in [0, 0.05) is 32.7 Å². The van der Waals surface area contributed by atoms with Crippen molar-refractivity contribution in [1.29, 1.82) is 0 Å². The number of nitrogens with one attached hydrogen (secondary N) is 1. The van der Waals surface area contributed by atoms with Crippen LogP contribution >= 0.6 is 0 Å². The molecule has 1 saturated heterocycles. The number of amides is 1. The molecule has 0 bridgehead atoms. The first-order valence-electron chi connectivity index (χ1n) is 7.84. The average molecular weight is 345 g/mol. The van der Waals surface area contributed by atoms with Crippen LogP contribution in [0.15, 0.2) is 30.3 Å². The highest BCUT2D eigenvalue weighted by Gasteiger charge is 2.28. The van der Waals surface area contributed by atoms with Crippen molar-refractivity contribution in [2.75, 3.05) is 45.8 Å². The van der Waals surface area contributed by atoms with E-state index in [2.05, 4.69) is 4.90 Å². The summed E-state index contributed by atoms with van der Waals surface area (Å²) in [5.41, 5.74) is 0.853. The highest BCUT2D eigenvalue weighted by Crippen LogP contribution is 2.15. The van der Waals surface area contributed by atoms with Crippen LogP contribution in [0.1, 0.15) is 11.7 Å². The number of hydrogen-bond acceptors (Lipinski definition) is 4. The number of nitrogens with zero attached hydrogens (tertiary/aromatic N) is 2. The van der Waals surface area contributed by atoms with Crippen molar-refractivity contribution >= 4 is 5.91 Å². The van der Waals surface area contributed by atoms with E-state index in [1.165, 1.54) is 0 Å².